The Morgan fingerprint density at radius 1 is 1.14 bits per heavy atom. The summed E-state index contributed by atoms with van der Waals surface area (Å²) in [6, 6.07) is 7.02. The highest BCUT2D eigenvalue weighted by Crippen LogP contribution is 2.30. The Balaban J connectivity index is 1.75. The molecule has 1 saturated carbocycles. The molecule has 0 saturated heterocycles. The molecule has 0 spiro atoms. The Labute approximate surface area is 134 Å². The van der Waals surface area contributed by atoms with E-state index in [9.17, 15) is 0 Å². The summed E-state index contributed by atoms with van der Waals surface area (Å²) in [5.74, 6) is 0.762. The second-order valence-corrected chi connectivity index (χ2v) is 7.24. The third-order valence-electron chi connectivity index (χ3n) is 4.71. The van der Waals surface area contributed by atoms with Crippen molar-refractivity contribution in [3.05, 3.63) is 34.7 Å². The molecule has 1 aliphatic rings. The third-order valence-corrected chi connectivity index (χ3v) is 5.20. The zero-order valence-corrected chi connectivity index (χ0v) is 14.3. The standard InChI is InChI=1S/C17H22BrN3/c1-21(2)14-6-3-12(4-7-14)9-17-15-10-13(18)5-8-16(15)19-11-20-17/h5,8,10-12,14H,3-4,6-7,9H2,1-2H3/t12-,14-. The van der Waals surface area contributed by atoms with Crippen molar-refractivity contribution in [1.29, 1.82) is 0 Å². The van der Waals surface area contributed by atoms with Crippen LogP contribution in [0.2, 0.25) is 0 Å². The van der Waals surface area contributed by atoms with Crippen molar-refractivity contribution in [3.8, 4) is 0 Å². The summed E-state index contributed by atoms with van der Waals surface area (Å²) in [6.45, 7) is 0. The van der Waals surface area contributed by atoms with Crippen molar-refractivity contribution in [2.75, 3.05) is 14.1 Å². The van der Waals surface area contributed by atoms with Gasteiger partial charge in [-0.3, -0.25) is 0 Å². The molecule has 2 aromatic rings. The van der Waals surface area contributed by atoms with E-state index in [1.165, 1.54) is 36.8 Å². The van der Waals surface area contributed by atoms with E-state index in [0.717, 1.165) is 28.4 Å². The zero-order valence-electron chi connectivity index (χ0n) is 12.7. The van der Waals surface area contributed by atoms with Gasteiger partial charge in [0.25, 0.3) is 0 Å². The highest BCUT2D eigenvalue weighted by molar-refractivity contribution is 9.10. The van der Waals surface area contributed by atoms with Crippen LogP contribution in [0.25, 0.3) is 10.9 Å². The van der Waals surface area contributed by atoms with Gasteiger partial charge >= 0.3 is 0 Å². The topological polar surface area (TPSA) is 29.0 Å². The van der Waals surface area contributed by atoms with Gasteiger partial charge in [-0.1, -0.05) is 15.9 Å². The number of hydrogen-bond donors (Lipinski definition) is 0. The average molecular weight is 348 g/mol. The Bertz CT molecular complexity index is 618. The summed E-state index contributed by atoms with van der Waals surface area (Å²) < 4.78 is 1.10. The van der Waals surface area contributed by atoms with Crippen molar-refractivity contribution in [3.63, 3.8) is 0 Å². The van der Waals surface area contributed by atoms with Crippen molar-refractivity contribution in [2.45, 2.75) is 38.1 Å². The van der Waals surface area contributed by atoms with Gasteiger partial charge in [-0.2, -0.15) is 0 Å². The monoisotopic (exact) mass is 347 g/mol. The van der Waals surface area contributed by atoms with Crippen molar-refractivity contribution in [2.24, 2.45) is 5.92 Å². The highest BCUT2D eigenvalue weighted by atomic mass is 79.9. The lowest BCUT2D eigenvalue weighted by Gasteiger charge is -2.32. The summed E-state index contributed by atoms with van der Waals surface area (Å²) in [6.07, 6.45) is 8.02. The summed E-state index contributed by atoms with van der Waals surface area (Å²) in [7, 11) is 4.39. The zero-order chi connectivity index (χ0) is 14.8. The first-order valence-corrected chi connectivity index (χ1v) is 8.48. The molecular weight excluding hydrogens is 326 g/mol. The van der Waals surface area contributed by atoms with Gasteiger partial charge in [-0.05, 0) is 70.3 Å². The number of fused-ring (bicyclic) bond motifs is 1. The molecule has 0 amide bonds. The predicted octanol–water partition coefficient (Wildman–Crippen LogP) is 4.06. The van der Waals surface area contributed by atoms with Gasteiger partial charge in [0.1, 0.15) is 6.33 Å². The molecule has 0 aliphatic heterocycles. The number of halogens is 1. The van der Waals surface area contributed by atoms with Crippen molar-refractivity contribution < 1.29 is 0 Å². The van der Waals surface area contributed by atoms with E-state index in [1.54, 1.807) is 6.33 Å². The van der Waals surface area contributed by atoms with Gasteiger partial charge in [-0.25, -0.2) is 9.97 Å². The Morgan fingerprint density at radius 3 is 2.62 bits per heavy atom. The van der Waals surface area contributed by atoms with Gasteiger partial charge in [0.05, 0.1) is 11.2 Å². The molecule has 0 unspecified atom stereocenters. The quantitative estimate of drug-likeness (QED) is 0.838. The van der Waals surface area contributed by atoms with E-state index in [0.29, 0.717) is 0 Å². The van der Waals surface area contributed by atoms with Crippen molar-refractivity contribution in [1.82, 2.24) is 14.9 Å². The van der Waals surface area contributed by atoms with Gasteiger partial charge < -0.3 is 4.90 Å². The van der Waals surface area contributed by atoms with E-state index >= 15 is 0 Å². The lowest BCUT2D eigenvalue weighted by atomic mass is 9.82. The minimum absolute atomic E-state index is 0.762. The Kier molecular flexibility index (Phi) is 4.55. The molecule has 21 heavy (non-hydrogen) atoms. The summed E-state index contributed by atoms with van der Waals surface area (Å²) in [4.78, 5) is 11.3. The van der Waals surface area contributed by atoms with E-state index in [1.807, 2.05) is 6.07 Å². The number of nitrogens with zero attached hydrogens (tertiary/aromatic N) is 3. The molecule has 1 heterocycles. The van der Waals surface area contributed by atoms with E-state index < -0.39 is 0 Å². The second kappa shape index (κ2) is 6.41. The predicted molar refractivity (Wildman–Crippen MR) is 90.4 cm³/mol. The lowest BCUT2D eigenvalue weighted by molar-refractivity contribution is 0.193. The van der Waals surface area contributed by atoms with Crippen LogP contribution in [0.15, 0.2) is 29.0 Å². The van der Waals surface area contributed by atoms with Gasteiger partial charge in [0.15, 0.2) is 0 Å². The minimum Gasteiger partial charge on any atom is -0.306 e. The molecule has 0 bridgehead atoms. The number of aromatic nitrogens is 2. The molecule has 1 fully saturated rings. The molecule has 1 aromatic carbocycles. The van der Waals surface area contributed by atoms with E-state index in [4.69, 9.17) is 0 Å². The van der Waals surface area contributed by atoms with Crippen LogP contribution in [0.3, 0.4) is 0 Å². The first-order chi connectivity index (χ1) is 10.1. The van der Waals surface area contributed by atoms with Gasteiger partial charge in [0, 0.05) is 15.9 Å². The molecule has 1 aliphatic carbocycles. The first-order valence-electron chi connectivity index (χ1n) is 7.69. The molecule has 112 valence electrons. The maximum atomic E-state index is 4.55. The normalized spacial score (nSPS) is 22.9. The van der Waals surface area contributed by atoms with Crippen LogP contribution in [-0.2, 0) is 6.42 Å². The van der Waals surface area contributed by atoms with Crippen LogP contribution in [-0.4, -0.2) is 35.0 Å². The Morgan fingerprint density at radius 2 is 1.90 bits per heavy atom. The maximum absolute atomic E-state index is 4.55. The van der Waals surface area contributed by atoms with Crippen molar-refractivity contribution >= 4 is 26.8 Å². The van der Waals surface area contributed by atoms with Gasteiger partial charge in [0.2, 0.25) is 0 Å². The smallest absolute Gasteiger partial charge is 0.116 e. The number of hydrogen-bond acceptors (Lipinski definition) is 3. The Hall–Kier alpha value is -1.000. The molecule has 4 heteroatoms. The average Bonchev–Trinajstić information content (AvgIpc) is 2.48. The largest absolute Gasteiger partial charge is 0.306 e. The van der Waals surface area contributed by atoms with Gasteiger partial charge in [-0.15, -0.1) is 0 Å². The summed E-state index contributed by atoms with van der Waals surface area (Å²) in [5.41, 5.74) is 2.25. The summed E-state index contributed by atoms with van der Waals surface area (Å²) >= 11 is 3.55. The fraction of sp³-hybridized carbons (Fsp3) is 0.529. The van der Waals surface area contributed by atoms with Crippen LogP contribution < -0.4 is 0 Å². The minimum atomic E-state index is 0.762. The fourth-order valence-corrected chi connectivity index (χ4v) is 3.74. The van der Waals surface area contributed by atoms with Crippen LogP contribution >= 0.6 is 15.9 Å². The number of benzene rings is 1. The second-order valence-electron chi connectivity index (χ2n) is 6.32. The fourth-order valence-electron chi connectivity index (χ4n) is 3.38. The number of rotatable bonds is 3. The van der Waals surface area contributed by atoms with Crippen LogP contribution in [0.1, 0.15) is 31.4 Å². The summed E-state index contributed by atoms with van der Waals surface area (Å²) in [5, 5.41) is 1.20. The SMILES string of the molecule is CN(C)[C@H]1CC[C@H](Cc2ncnc3ccc(Br)cc23)CC1. The molecule has 0 atom stereocenters. The molecule has 0 N–H and O–H groups in total. The van der Waals surface area contributed by atoms with E-state index in [2.05, 4.69) is 57.0 Å². The maximum Gasteiger partial charge on any atom is 0.116 e. The lowest BCUT2D eigenvalue weighted by Crippen LogP contribution is -2.32. The highest BCUT2D eigenvalue weighted by Gasteiger charge is 2.23. The third kappa shape index (κ3) is 3.43. The molecular formula is C17H22BrN3. The first kappa shape index (κ1) is 14.9. The van der Waals surface area contributed by atoms with Crippen LogP contribution in [0, 0.1) is 5.92 Å². The molecule has 3 nitrogen and oxygen atoms in total. The molecule has 3 rings (SSSR count). The molecule has 1 aromatic heterocycles. The molecule has 0 radical (unpaired) electrons. The van der Waals surface area contributed by atoms with Crippen LogP contribution in [0.4, 0.5) is 0 Å². The van der Waals surface area contributed by atoms with E-state index in [-0.39, 0.29) is 0 Å². The van der Waals surface area contributed by atoms with Crippen LogP contribution in [0.5, 0.6) is 0 Å².